The molecule has 1 aromatic heterocycles. The number of aromatic nitrogens is 1. The van der Waals surface area contributed by atoms with Gasteiger partial charge in [-0.1, -0.05) is 20.8 Å². The predicted octanol–water partition coefficient (Wildman–Crippen LogP) is 2.23. The fraction of sp³-hybridized carbons (Fsp3) is 0.545. The van der Waals surface area contributed by atoms with Gasteiger partial charge in [-0.05, 0) is 17.9 Å². The summed E-state index contributed by atoms with van der Waals surface area (Å²) in [5.41, 5.74) is 3.26. The molecule has 0 aliphatic heterocycles. The van der Waals surface area contributed by atoms with Crippen LogP contribution in [0.4, 0.5) is 0 Å². The Balaban J connectivity index is 3.35. The zero-order valence-electron chi connectivity index (χ0n) is 9.01. The van der Waals surface area contributed by atoms with Gasteiger partial charge in [0.2, 0.25) is 0 Å². The van der Waals surface area contributed by atoms with Crippen LogP contribution in [0.2, 0.25) is 0 Å². The molecular formula is C11H17NO. The maximum Gasteiger partial charge on any atom is 0.192 e. The summed E-state index contributed by atoms with van der Waals surface area (Å²) in [7, 11) is 0. The molecule has 0 amide bonds. The second-order valence-corrected chi connectivity index (χ2v) is 4.52. The van der Waals surface area contributed by atoms with Crippen molar-refractivity contribution in [3.63, 3.8) is 0 Å². The molecule has 72 valence electrons. The molecule has 0 saturated heterocycles. The molecule has 0 radical (unpaired) electrons. The summed E-state index contributed by atoms with van der Waals surface area (Å²) >= 11 is 0. The van der Waals surface area contributed by atoms with E-state index in [-0.39, 0.29) is 5.41 Å². The molecule has 13 heavy (non-hydrogen) atoms. The molecule has 0 spiro atoms. The Kier molecular flexibility index (Phi) is 2.33. The van der Waals surface area contributed by atoms with Crippen LogP contribution < -0.4 is 4.73 Å². The molecule has 0 aliphatic rings. The van der Waals surface area contributed by atoms with E-state index in [2.05, 4.69) is 20.8 Å². The normalized spacial score (nSPS) is 11.8. The lowest BCUT2D eigenvalue weighted by Gasteiger charge is -2.21. The first-order valence-electron chi connectivity index (χ1n) is 4.54. The van der Waals surface area contributed by atoms with E-state index in [0.717, 1.165) is 16.0 Å². The minimum Gasteiger partial charge on any atom is -0.619 e. The largest absolute Gasteiger partial charge is 0.619 e. The molecule has 0 atom stereocenters. The highest BCUT2D eigenvalue weighted by molar-refractivity contribution is 5.31. The highest BCUT2D eigenvalue weighted by atomic mass is 16.5. The van der Waals surface area contributed by atoms with Crippen LogP contribution in [0.3, 0.4) is 0 Å². The van der Waals surface area contributed by atoms with Gasteiger partial charge in [0.25, 0.3) is 0 Å². The molecule has 0 unspecified atom stereocenters. The number of pyridine rings is 1. The second-order valence-electron chi connectivity index (χ2n) is 4.52. The number of hydrogen-bond donors (Lipinski definition) is 0. The molecule has 1 heterocycles. The fourth-order valence-electron chi connectivity index (χ4n) is 1.55. The first-order chi connectivity index (χ1) is 5.84. The Bertz CT molecular complexity index is 324. The SMILES string of the molecule is Cc1c(C(C)(C)C)cc[n+]([O-])c1C. The van der Waals surface area contributed by atoms with Crippen molar-refractivity contribution in [1.29, 1.82) is 0 Å². The zero-order valence-corrected chi connectivity index (χ0v) is 9.01. The van der Waals surface area contributed by atoms with E-state index in [9.17, 15) is 5.21 Å². The van der Waals surface area contributed by atoms with Crippen molar-refractivity contribution in [3.8, 4) is 0 Å². The zero-order chi connectivity index (χ0) is 10.2. The molecule has 0 aromatic carbocycles. The minimum absolute atomic E-state index is 0.114. The standard InChI is InChI=1S/C11H17NO/c1-8-9(2)12(13)7-6-10(8)11(3,4)5/h6-7H,1-5H3. The number of hydrogen-bond acceptors (Lipinski definition) is 1. The summed E-state index contributed by atoms with van der Waals surface area (Å²) in [5, 5.41) is 11.2. The van der Waals surface area contributed by atoms with Gasteiger partial charge in [0, 0.05) is 18.6 Å². The Hall–Kier alpha value is -1.05. The Labute approximate surface area is 79.8 Å². The van der Waals surface area contributed by atoms with Crippen molar-refractivity contribution in [1.82, 2.24) is 0 Å². The number of nitrogens with zero attached hydrogens (tertiary/aromatic N) is 1. The molecule has 0 N–H and O–H groups in total. The third-order valence-electron chi connectivity index (χ3n) is 2.46. The molecule has 0 bridgehead atoms. The van der Waals surface area contributed by atoms with Gasteiger partial charge >= 0.3 is 0 Å². The highest BCUT2D eigenvalue weighted by Gasteiger charge is 2.19. The van der Waals surface area contributed by atoms with Gasteiger partial charge in [0.15, 0.2) is 11.9 Å². The van der Waals surface area contributed by atoms with Crippen LogP contribution in [0.25, 0.3) is 0 Å². The van der Waals surface area contributed by atoms with Crippen LogP contribution in [0.15, 0.2) is 12.3 Å². The molecule has 1 rings (SSSR count). The first kappa shape index (κ1) is 10.0. The van der Waals surface area contributed by atoms with E-state index >= 15 is 0 Å². The predicted molar refractivity (Wildman–Crippen MR) is 53.6 cm³/mol. The number of rotatable bonds is 0. The van der Waals surface area contributed by atoms with Crippen LogP contribution in [0.5, 0.6) is 0 Å². The van der Waals surface area contributed by atoms with E-state index in [1.54, 1.807) is 6.20 Å². The van der Waals surface area contributed by atoms with E-state index in [0.29, 0.717) is 0 Å². The molecule has 1 aromatic rings. The summed E-state index contributed by atoms with van der Waals surface area (Å²) in [5.74, 6) is 0. The average molecular weight is 179 g/mol. The van der Waals surface area contributed by atoms with Gasteiger partial charge in [-0.15, -0.1) is 0 Å². The fourth-order valence-corrected chi connectivity index (χ4v) is 1.55. The molecule has 2 nitrogen and oxygen atoms in total. The van der Waals surface area contributed by atoms with Crippen LogP contribution in [0.1, 0.15) is 37.6 Å². The van der Waals surface area contributed by atoms with E-state index in [1.165, 1.54) is 5.56 Å². The van der Waals surface area contributed by atoms with Crippen molar-refractivity contribution in [3.05, 3.63) is 34.3 Å². The molecule has 2 heteroatoms. The van der Waals surface area contributed by atoms with Gasteiger partial charge in [-0.2, -0.15) is 4.73 Å². The van der Waals surface area contributed by atoms with Crippen LogP contribution in [0, 0.1) is 19.1 Å². The van der Waals surface area contributed by atoms with Crippen molar-refractivity contribution >= 4 is 0 Å². The quantitative estimate of drug-likeness (QED) is 0.443. The molecular weight excluding hydrogens is 162 g/mol. The summed E-state index contributed by atoms with van der Waals surface area (Å²) in [6.07, 6.45) is 1.59. The third-order valence-corrected chi connectivity index (χ3v) is 2.46. The lowest BCUT2D eigenvalue weighted by Crippen LogP contribution is -2.32. The average Bonchev–Trinajstić information content (AvgIpc) is 1.98. The summed E-state index contributed by atoms with van der Waals surface area (Å²) in [6.45, 7) is 10.3. The Morgan fingerprint density at radius 1 is 1.23 bits per heavy atom. The Morgan fingerprint density at radius 3 is 2.23 bits per heavy atom. The Morgan fingerprint density at radius 2 is 1.77 bits per heavy atom. The van der Waals surface area contributed by atoms with Gasteiger partial charge in [-0.25, -0.2) is 0 Å². The topological polar surface area (TPSA) is 26.9 Å². The van der Waals surface area contributed by atoms with Crippen molar-refractivity contribution in [2.24, 2.45) is 0 Å². The van der Waals surface area contributed by atoms with Crippen molar-refractivity contribution < 1.29 is 4.73 Å². The van der Waals surface area contributed by atoms with E-state index in [1.807, 2.05) is 19.9 Å². The monoisotopic (exact) mass is 179 g/mol. The summed E-state index contributed by atoms with van der Waals surface area (Å²) in [6, 6.07) is 1.91. The smallest absolute Gasteiger partial charge is 0.192 e. The maximum absolute atomic E-state index is 11.2. The van der Waals surface area contributed by atoms with Crippen LogP contribution in [-0.4, -0.2) is 0 Å². The lowest BCUT2D eigenvalue weighted by molar-refractivity contribution is -0.612. The summed E-state index contributed by atoms with van der Waals surface area (Å²) in [4.78, 5) is 0. The van der Waals surface area contributed by atoms with E-state index < -0.39 is 0 Å². The first-order valence-corrected chi connectivity index (χ1v) is 4.54. The van der Waals surface area contributed by atoms with Crippen LogP contribution >= 0.6 is 0 Å². The van der Waals surface area contributed by atoms with Gasteiger partial charge in [0.1, 0.15) is 0 Å². The maximum atomic E-state index is 11.2. The molecule has 0 fully saturated rings. The van der Waals surface area contributed by atoms with E-state index in [4.69, 9.17) is 0 Å². The molecule has 0 aliphatic carbocycles. The van der Waals surface area contributed by atoms with Gasteiger partial charge in [-0.3, -0.25) is 0 Å². The second kappa shape index (κ2) is 3.02. The van der Waals surface area contributed by atoms with Crippen molar-refractivity contribution in [2.45, 2.75) is 40.0 Å². The van der Waals surface area contributed by atoms with Gasteiger partial charge < -0.3 is 5.21 Å². The highest BCUT2D eigenvalue weighted by Crippen LogP contribution is 2.25. The third kappa shape index (κ3) is 1.82. The van der Waals surface area contributed by atoms with Gasteiger partial charge in [0.05, 0.1) is 0 Å². The summed E-state index contributed by atoms with van der Waals surface area (Å²) < 4.78 is 0.921. The molecule has 0 saturated carbocycles. The van der Waals surface area contributed by atoms with Crippen LogP contribution in [-0.2, 0) is 5.41 Å². The van der Waals surface area contributed by atoms with Crippen molar-refractivity contribution in [2.75, 3.05) is 0 Å². The minimum atomic E-state index is 0.114. The lowest BCUT2D eigenvalue weighted by atomic mass is 9.84.